The fraction of sp³-hybridized carbons (Fsp3) is 0.889. The molecule has 0 amide bonds. The second-order valence-electron chi connectivity index (χ2n) is 9.31. The molecule has 4 nitrogen and oxygen atoms in total. The van der Waals surface area contributed by atoms with Gasteiger partial charge in [-0.05, 0) is 36.5 Å². The Kier molecular flexibility index (Phi) is 3.39. The van der Waals surface area contributed by atoms with Crippen LogP contribution in [0.4, 0.5) is 0 Å². The second kappa shape index (κ2) is 4.72. The Morgan fingerprint density at radius 3 is 2.50 bits per heavy atom. The molecule has 1 heterocycles. The fourth-order valence-electron chi connectivity index (χ4n) is 4.41. The molecule has 0 aromatic rings. The van der Waals surface area contributed by atoms with E-state index in [1.807, 2.05) is 0 Å². The van der Waals surface area contributed by atoms with Gasteiger partial charge in [-0.1, -0.05) is 34.6 Å². The van der Waals surface area contributed by atoms with Crippen LogP contribution in [0.25, 0.3) is 0 Å². The van der Waals surface area contributed by atoms with Crippen molar-refractivity contribution in [2.45, 2.75) is 78.9 Å². The third-order valence-corrected chi connectivity index (χ3v) is 5.73. The maximum Gasteiger partial charge on any atom is 0.313 e. The smallest absolute Gasteiger partial charge is 0.313 e. The van der Waals surface area contributed by atoms with Crippen LogP contribution in [0, 0.1) is 22.2 Å². The minimum atomic E-state index is -0.370. The fourth-order valence-corrected chi connectivity index (χ4v) is 4.41. The summed E-state index contributed by atoms with van der Waals surface area (Å²) in [5.41, 5.74) is -0.282. The van der Waals surface area contributed by atoms with Crippen LogP contribution >= 0.6 is 0 Å². The minimum absolute atomic E-state index is 0.000911. The van der Waals surface area contributed by atoms with E-state index in [4.69, 9.17) is 9.47 Å². The molecule has 3 rings (SSSR count). The number of ether oxygens (including phenoxy) is 2. The zero-order valence-corrected chi connectivity index (χ0v) is 14.4. The third kappa shape index (κ3) is 2.55. The molecule has 0 spiro atoms. The highest BCUT2D eigenvalue weighted by atomic mass is 16.6. The lowest BCUT2D eigenvalue weighted by Crippen LogP contribution is -2.38. The molecule has 4 unspecified atom stereocenters. The molecular weight excluding hydrogens is 280 g/mol. The molecule has 2 saturated carbocycles. The predicted molar refractivity (Wildman–Crippen MR) is 82.0 cm³/mol. The first-order valence-corrected chi connectivity index (χ1v) is 8.46. The standard InChI is InChI=1S/C18H28O4/c1-16(2,3)9-18(10-17(18,4)5)15(20)22-12-7-6-11-8-13(12)21-14(11)19/h11-13H,6-10H2,1-5H3. The summed E-state index contributed by atoms with van der Waals surface area (Å²) in [7, 11) is 0. The van der Waals surface area contributed by atoms with E-state index in [0.29, 0.717) is 6.42 Å². The molecule has 0 aromatic heterocycles. The molecule has 124 valence electrons. The molecule has 2 aliphatic carbocycles. The van der Waals surface area contributed by atoms with Gasteiger partial charge in [0.15, 0.2) is 0 Å². The van der Waals surface area contributed by atoms with Crippen molar-refractivity contribution in [1.29, 1.82) is 0 Å². The van der Waals surface area contributed by atoms with E-state index in [-0.39, 0.29) is 46.3 Å². The van der Waals surface area contributed by atoms with Gasteiger partial charge < -0.3 is 9.47 Å². The van der Waals surface area contributed by atoms with Gasteiger partial charge in [-0.25, -0.2) is 0 Å². The van der Waals surface area contributed by atoms with Crippen molar-refractivity contribution in [3.63, 3.8) is 0 Å². The topological polar surface area (TPSA) is 52.6 Å². The maximum atomic E-state index is 12.9. The largest absolute Gasteiger partial charge is 0.458 e. The quantitative estimate of drug-likeness (QED) is 0.749. The summed E-state index contributed by atoms with van der Waals surface area (Å²) in [6.07, 6.45) is 3.50. The van der Waals surface area contributed by atoms with Crippen LogP contribution in [0.3, 0.4) is 0 Å². The summed E-state index contributed by atoms with van der Waals surface area (Å²) < 4.78 is 11.2. The number of fused-ring (bicyclic) bond motifs is 2. The molecule has 3 fully saturated rings. The van der Waals surface area contributed by atoms with Crippen LogP contribution in [-0.2, 0) is 19.1 Å². The summed E-state index contributed by atoms with van der Waals surface area (Å²) in [5.74, 6) is -0.167. The Bertz CT molecular complexity index is 502. The SMILES string of the molecule is CC(C)(C)CC1(C(=O)OC2CCC3CC2OC3=O)CC1(C)C. The minimum Gasteiger partial charge on any atom is -0.458 e. The van der Waals surface area contributed by atoms with Crippen molar-refractivity contribution < 1.29 is 19.1 Å². The van der Waals surface area contributed by atoms with E-state index in [9.17, 15) is 9.59 Å². The molecule has 2 bridgehead atoms. The number of esters is 2. The second-order valence-corrected chi connectivity index (χ2v) is 9.31. The molecule has 22 heavy (non-hydrogen) atoms. The highest BCUT2D eigenvalue weighted by Gasteiger charge is 2.68. The molecular formula is C18H28O4. The monoisotopic (exact) mass is 308 g/mol. The lowest BCUT2D eigenvalue weighted by atomic mass is 9.79. The van der Waals surface area contributed by atoms with Gasteiger partial charge in [-0.3, -0.25) is 9.59 Å². The van der Waals surface area contributed by atoms with E-state index >= 15 is 0 Å². The van der Waals surface area contributed by atoms with Gasteiger partial charge in [-0.15, -0.1) is 0 Å². The highest BCUT2D eigenvalue weighted by Crippen LogP contribution is 2.68. The Morgan fingerprint density at radius 1 is 1.32 bits per heavy atom. The maximum absolute atomic E-state index is 12.9. The molecule has 1 aliphatic heterocycles. The summed E-state index contributed by atoms with van der Waals surface area (Å²) in [4.78, 5) is 24.5. The summed E-state index contributed by atoms with van der Waals surface area (Å²) >= 11 is 0. The first-order valence-electron chi connectivity index (χ1n) is 8.46. The molecule has 3 aliphatic rings. The number of hydrogen-bond donors (Lipinski definition) is 0. The summed E-state index contributed by atoms with van der Waals surface area (Å²) in [6.45, 7) is 10.8. The average Bonchev–Trinajstić information content (AvgIpc) is 2.77. The zero-order chi connectivity index (χ0) is 16.3. The molecule has 4 atom stereocenters. The summed E-state index contributed by atoms with van der Waals surface area (Å²) in [6, 6.07) is 0. The molecule has 0 radical (unpaired) electrons. The Hall–Kier alpha value is -1.06. The van der Waals surface area contributed by atoms with E-state index in [0.717, 1.165) is 25.7 Å². The van der Waals surface area contributed by atoms with Gasteiger partial charge in [0, 0.05) is 6.42 Å². The number of rotatable bonds is 3. The normalized spacial score (nSPS) is 39.3. The summed E-state index contributed by atoms with van der Waals surface area (Å²) in [5, 5.41) is 0. The van der Waals surface area contributed by atoms with Gasteiger partial charge >= 0.3 is 11.9 Å². The van der Waals surface area contributed by atoms with Crippen LogP contribution in [0.2, 0.25) is 0 Å². The molecule has 0 aromatic carbocycles. The molecule has 1 saturated heterocycles. The van der Waals surface area contributed by atoms with Gasteiger partial charge in [-0.2, -0.15) is 0 Å². The molecule has 0 N–H and O–H groups in total. The Balaban J connectivity index is 1.70. The molecule has 4 heteroatoms. The van der Waals surface area contributed by atoms with Crippen molar-refractivity contribution in [3.8, 4) is 0 Å². The van der Waals surface area contributed by atoms with Crippen molar-refractivity contribution in [1.82, 2.24) is 0 Å². The predicted octanol–water partition coefficient (Wildman–Crippen LogP) is 3.48. The Labute approximate surface area is 132 Å². The van der Waals surface area contributed by atoms with Crippen LogP contribution in [0.1, 0.15) is 66.7 Å². The van der Waals surface area contributed by atoms with Crippen LogP contribution < -0.4 is 0 Å². The number of carbonyl (C=O) groups is 2. The van der Waals surface area contributed by atoms with Gasteiger partial charge in [0.1, 0.15) is 12.2 Å². The van der Waals surface area contributed by atoms with Gasteiger partial charge in [0.05, 0.1) is 11.3 Å². The Morgan fingerprint density at radius 2 is 1.95 bits per heavy atom. The third-order valence-electron chi connectivity index (χ3n) is 5.73. The average molecular weight is 308 g/mol. The first kappa shape index (κ1) is 15.8. The van der Waals surface area contributed by atoms with Crippen molar-refractivity contribution in [2.75, 3.05) is 0 Å². The van der Waals surface area contributed by atoms with Gasteiger partial charge in [0.2, 0.25) is 0 Å². The lowest BCUT2D eigenvalue weighted by molar-refractivity contribution is -0.168. The lowest BCUT2D eigenvalue weighted by Gasteiger charge is -2.31. The van der Waals surface area contributed by atoms with Crippen molar-refractivity contribution in [2.24, 2.45) is 22.2 Å². The van der Waals surface area contributed by atoms with Crippen molar-refractivity contribution in [3.05, 3.63) is 0 Å². The van der Waals surface area contributed by atoms with E-state index in [2.05, 4.69) is 34.6 Å². The van der Waals surface area contributed by atoms with E-state index in [1.54, 1.807) is 0 Å². The van der Waals surface area contributed by atoms with E-state index < -0.39 is 0 Å². The number of hydrogen-bond acceptors (Lipinski definition) is 4. The van der Waals surface area contributed by atoms with Crippen molar-refractivity contribution >= 4 is 11.9 Å². The van der Waals surface area contributed by atoms with Crippen LogP contribution in [0.15, 0.2) is 0 Å². The first-order chi connectivity index (χ1) is 10.0. The zero-order valence-electron chi connectivity index (χ0n) is 14.4. The van der Waals surface area contributed by atoms with Gasteiger partial charge in [0.25, 0.3) is 0 Å². The number of carbonyl (C=O) groups excluding carboxylic acids is 2. The van der Waals surface area contributed by atoms with Crippen LogP contribution in [0.5, 0.6) is 0 Å². The van der Waals surface area contributed by atoms with E-state index in [1.165, 1.54) is 0 Å². The highest BCUT2D eigenvalue weighted by molar-refractivity contribution is 5.82. The van der Waals surface area contributed by atoms with Crippen LogP contribution in [-0.4, -0.2) is 24.1 Å².